The molecule has 0 aliphatic carbocycles. The molecule has 0 unspecified atom stereocenters. The lowest BCUT2D eigenvalue weighted by molar-refractivity contribution is 0.757. The standard InChI is InChI=1S/C6H15B2N/c1-4-7-8(5-2)9(7)6-3/h4-6H2,1-3H3. The van der Waals surface area contributed by atoms with Gasteiger partial charge in [-0.05, 0) is 6.54 Å². The Kier molecular flexibility index (Phi) is 2.23. The van der Waals surface area contributed by atoms with E-state index in [9.17, 15) is 0 Å². The molecule has 1 aliphatic rings. The minimum Gasteiger partial charge on any atom is -0.393 e. The molecule has 1 nitrogen and oxygen atoms in total. The Balaban J connectivity index is 2.26. The van der Waals surface area contributed by atoms with E-state index in [0.717, 1.165) is 13.5 Å². The van der Waals surface area contributed by atoms with Gasteiger partial charge in [0.25, 0.3) is 0 Å². The molecule has 9 heavy (non-hydrogen) atoms. The lowest BCUT2D eigenvalue weighted by Crippen LogP contribution is -2.02. The molecule has 50 valence electrons. The minimum atomic E-state index is 0.931. The van der Waals surface area contributed by atoms with Crippen molar-refractivity contribution in [2.75, 3.05) is 6.54 Å². The van der Waals surface area contributed by atoms with Gasteiger partial charge in [0, 0.05) is 0 Å². The quantitative estimate of drug-likeness (QED) is 0.405. The summed E-state index contributed by atoms with van der Waals surface area (Å²) < 4.78 is 2.57. The lowest BCUT2D eigenvalue weighted by Gasteiger charge is -1.95. The first-order valence-electron chi connectivity index (χ1n) is 4.10. The molecule has 0 saturated carbocycles. The van der Waals surface area contributed by atoms with Crippen molar-refractivity contribution in [2.24, 2.45) is 0 Å². The predicted octanol–water partition coefficient (Wildman–Crippen LogP) is 1.42. The highest BCUT2D eigenvalue weighted by atomic mass is 15.1. The van der Waals surface area contributed by atoms with Gasteiger partial charge in [0.1, 0.15) is 0 Å². The van der Waals surface area contributed by atoms with Crippen molar-refractivity contribution in [1.29, 1.82) is 0 Å². The van der Waals surface area contributed by atoms with Crippen LogP contribution in [0, 0.1) is 0 Å². The summed E-state index contributed by atoms with van der Waals surface area (Å²) in [6.07, 6.45) is 2.68. The maximum atomic E-state index is 2.57. The molecular weight excluding hydrogens is 108 g/mol. The molecule has 1 rings (SSSR count). The fraction of sp³-hybridized carbons (Fsp3) is 1.00. The van der Waals surface area contributed by atoms with Crippen molar-refractivity contribution in [2.45, 2.75) is 33.4 Å². The van der Waals surface area contributed by atoms with E-state index in [4.69, 9.17) is 0 Å². The second kappa shape index (κ2) is 2.78. The average molecular weight is 123 g/mol. The van der Waals surface area contributed by atoms with Gasteiger partial charge in [-0.2, -0.15) is 0 Å². The van der Waals surface area contributed by atoms with Crippen LogP contribution in [-0.4, -0.2) is 24.7 Å². The van der Waals surface area contributed by atoms with Crippen LogP contribution in [0.15, 0.2) is 0 Å². The molecule has 0 aromatic rings. The molecule has 0 aromatic heterocycles. The highest BCUT2D eigenvalue weighted by Gasteiger charge is 2.49. The van der Waals surface area contributed by atoms with Crippen LogP contribution in [0.5, 0.6) is 0 Å². The molecule has 0 amide bonds. The van der Waals surface area contributed by atoms with Crippen LogP contribution in [0.3, 0.4) is 0 Å². The Hall–Kier alpha value is 0.0899. The maximum Gasteiger partial charge on any atom is 0.195 e. The number of hydrogen-bond donors (Lipinski definition) is 0. The summed E-state index contributed by atoms with van der Waals surface area (Å²) in [5, 5.41) is 0. The van der Waals surface area contributed by atoms with Gasteiger partial charge >= 0.3 is 0 Å². The van der Waals surface area contributed by atoms with Gasteiger partial charge < -0.3 is 4.72 Å². The summed E-state index contributed by atoms with van der Waals surface area (Å²) in [4.78, 5) is 0. The van der Waals surface area contributed by atoms with Gasteiger partial charge in [-0.15, -0.1) is 0 Å². The van der Waals surface area contributed by atoms with Crippen molar-refractivity contribution in [3.8, 4) is 0 Å². The topological polar surface area (TPSA) is 3.01 Å². The molecule has 0 aromatic carbocycles. The van der Waals surface area contributed by atoms with Crippen LogP contribution < -0.4 is 0 Å². The zero-order valence-electron chi connectivity index (χ0n) is 6.72. The van der Waals surface area contributed by atoms with Gasteiger partial charge in [-0.3, -0.25) is 0 Å². The third-order valence-electron chi connectivity index (χ3n) is 2.41. The second-order valence-electron chi connectivity index (χ2n) is 2.78. The fourth-order valence-electron chi connectivity index (χ4n) is 1.87. The van der Waals surface area contributed by atoms with E-state index < -0.39 is 0 Å². The first-order chi connectivity index (χ1) is 4.35. The Labute approximate surface area is 59.0 Å². The smallest absolute Gasteiger partial charge is 0.195 e. The number of rotatable bonds is 3. The Morgan fingerprint density at radius 2 is 1.44 bits per heavy atom. The largest absolute Gasteiger partial charge is 0.393 e. The number of nitrogens with zero attached hydrogens (tertiary/aromatic N) is 1. The van der Waals surface area contributed by atoms with Gasteiger partial charge in [0.05, 0.1) is 0 Å². The van der Waals surface area contributed by atoms with Crippen molar-refractivity contribution < 1.29 is 0 Å². The summed E-state index contributed by atoms with van der Waals surface area (Å²) in [6.45, 7) is 9.92. The fourth-order valence-corrected chi connectivity index (χ4v) is 1.87. The first-order valence-corrected chi connectivity index (χ1v) is 4.10. The molecular formula is C6H15B2N. The van der Waals surface area contributed by atoms with E-state index in [1.54, 1.807) is 0 Å². The Morgan fingerprint density at radius 1 is 1.00 bits per heavy atom. The highest BCUT2D eigenvalue weighted by molar-refractivity contribution is 7.36. The third kappa shape index (κ3) is 1.16. The predicted molar refractivity (Wildman–Crippen MR) is 44.9 cm³/mol. The van der Waals surface area contributed by atoms with Crippen molar-refractivity contribution in [3.63, 3.8) is 0 Å². The maximum absolute atomic E-state index is 2.57. The van der Waals surface area contributed by atoms with Gasteiger partial charge in [-0.1, -0.05) is 33.4 Å². The molecule has 1 heterocycles. The van der Waals surface area contributed by atoms with E-state index in [2.05, 4.69) is 25.5 Å². The van der Waals surface area contributed by atoms with E-state index >= 15 is 0 Å². The monoisotopic (exact) mass is 123 g/mol. The number of hydrogen-bond acceptors (Lipinski definition) is 1. The SMILES string of the molecule is CCB1B(CC)N1CC. The van der Waals surface area contributed by atoms with E-state index in [0.29, 0.717) is 0 Å². The van der Waals surface area contributed by atoms with Crippen LogP contribution in [-0.2, 0) is 0 Å². The lowest BCUT2D eigenvalue weighted by atomic mass is 9.37. The molecule has 0 bridgehead atoms. The van der Waals surface area contributed by atoms with Crippen LogP contribution in [0.25, 0.3) is 0 Å². The van der Waals surface area contributed by atoms with E-state index in [1.165, 1.54) is 19.2 Å². The molecule has 0 N–H and O–H groups in total. The van der Waals surface area contributed by atoms with E-state index in [1.807, 2.05) is 0 Å². The van der Waals surface area contributed by atoms with Crippen molar-refractivity contribution >= 4 is 13.5 Å². The summed E-state index contributed by atoms with van der Waals surface area (Å²) >= 11 is 0. The first kappa shape index (κ1) is 7.20. The van der Waals surface area contributed by atoms with Gasteiger partial charge in [-0.25, -0.2) is 0 Å². The molecule has 0 radical (unpaired) electrons. The van der Waals surface area contributed by atoms with E-state index in [-0.39, 0.29) is 0 Å². The summed E-state index contributed by atoms with van der Waals surface area (Å²) in [6, 6.07) is 0. The van der Waals surface area contributed by atoms with Crippen LogP contribution in [0.2, 0.25) is 12.6 Å². The van der Waals surface area contributed by atoms with Crippen LogP contribution in [0.1, 0.15) is 20.8 Å². The summed E-state index contributed by atoms with van der Waals surface area (Å²) in [5.41, 5.74) is 0. The second-order valence-corrected chi connectivity index (χ2v) is 2.78. The van der Waals surface area contributed by atoms with Crippen molar-refractivity contribution in [3.05, 3.63) is 0 Å². The molecule has 0 spiro atoms. The average Bonchev–Trinajstić information content (AvgIpc) is 2.59. The molecule has 1 aliphatic heterocycles. The minimum absolute atomic E-state index is 0.931. The normalized spacial score (nSPS) is 19.0. The third-order valence-corrected chi connectivity index (χ3v) is 2.41. The van der Waals surface area contributed by atoms with Crippen LogP contribution in [0.4, 0.5) is 0 Å². The molecule has 0 atom stereocenters. The molecule has 3 heteroatoms. The summed E-state index contributed by atoms with van der Waals surface area (Å²) in [7, 11) is 0. The Bertz CT molecular complexity index is 72.0. The molecule has 1 saturated heterocycles. The van der Waals surface area contributed by atoms with Gasteiger partial charge in [0.2, 0.25) is 0 Å². The van der Waals surface area contributed by atoms with Crippen LogP contribution >= 0.6 is 0 Å². The van der Waals surface area contributed by atoms with Gasteiger partial charge in [0.15, 0.2) is 13.5 Å². The zero-order valence-corrected chi connectivity index (χ0v) is 6.72. The Morgan fingerprint density at radius 3 is 1.56 bits per heavy atom. The molecule has 1 fully saturated rings. The summed E-state index contributed by atoms with van der Waals surface area (Å²) in [5.74, 6) is 0. The highest BCUT2D eigenvalue weighted by Crippen LogP contribution is 2.24. The zero-order chi connectivity index (χ0) is 6.85. The van der Waals surface area contributed by atoms with Crippen molar-refractivity contribution in [1.82, 2.24) is 4.72 Å².